The van der Waals surface area contributed by atoms with Crippen LogP contribution in [-0.2, 0) is 6.54 Å². The van der Waals surface area contributed by atoms with Gasteiger partial charge in [0, 0.05) is 13.6 Å². The Labute approximate surface area is 96.6 Å². The maximum absolute atomic E-state index is 10.6. The van der Waals surface area contributed by atoms with E-state index < -0.39 is 6.09 Å². The monoisotopic (exact) mass is 273 g/mol. The fraction of sp³-hybridized carbons (Fsp3) is 0.300. The fourth-order valence-electron chi connectivity index (χ4n) is 1.15. The van der Waals surface area contributed by atoms with Gasteiger partial charge in [-0.15, -0.1) is 0 Å². The Morgan fingerprint density at radius 3 is 2.73 bits per heavy atom. The first-order chi connectivity index (χ1) is 7.04. The number of halogens is 1. The molecule has 0 unspecified atom stereocenters. The lowest BCUT2D eigenvalue weighted by Crippen LogP contribution is -2.23. The summed E-state index contributed by atoms with van der Waals surface area (Å²) in [5, 5.41) is 8.70. The average Bonchev–Trinajstić information content (AvgIpc) is 2.18. The largest absolute Gasteiger partial charge is 0.496 e. The minimum Gasteiger partial charge on any atom is -0.496 e. The van der Waals surface area contributed by atoms with Crippen LogP contribution in [0.15, 0.2) is 22.7 Å². The molecule has 15 heavy (non-hydrogen) atoms. The highest BCUT2D eigenvalue weighted by Gasteiger charge is 2.07. The first kappa shape index (κ1) is 11.8. The molecule has 0 aliphatic carbocycles. The molecule has 1 aromatic rings. The topological polar surface area (TPSA) is 49.8 Å². The highest BCUT2D eigenvalue weighted by atomic mass is 79.9. The smallest absolute Gasteiger partial charge is 0.407 e. The third-order valence-electron chi connectivity index (χ3n) is 1.96. The van der Waals surface area contributed by atoms with Crippen molar-refractivity contribution in [2.75, 3.05) is 14.2 Å². The molecule has 0 radical (unpaired) electrons. The van der Waals surface area contributed by atoms with Crippen LogP contribution in [0.4, 0.5) is 4.79 Å². The van der Waals surface area contributed by atoms with Gasteiger partial charge in [-0.25, -0.2) is 4.79 Å². The van der Waals surface area contributed by atoms with Gasteiger partial charge in [0.2, 0.25) is 0 Å². The molecular formula is C10H12BrNO3. The molecule has 0 saturated heterocycles. The van der Waals surface area contributed by atoms with E-state index in [0.717, 1.165) is 15.8 Å². The van der Waals surface area contributed by atoms with Gasteiger partial charge in [0.1, 0.15) is 5.75 Å². The number of ether oxygens (including phenoxy) is 1. The van der Waals surface area contributed by atoms with Crippen LogP contribution >= 0.6 is 15.9 Å². The van der Waals surface area contributed by atoms with Crippen molar-refractivity contribution in [2.45, 2.75) is 6.54 Å². The van der Waals surface area contributed by atoms with Crippen molar-refractivity contribution in [3.63, 3.8) is 0 Å². The minimum atomic E-state index is -0.943. The number of amides is 1. The van der Waals surface area contributed by atoms with E-state index in [-0.39, 0.29) is 0 Å². The van der Waals surface area contributed by atoms with Gasteiger partial charge in [0.15, 0.2) is 0 Å². The first-order valence-electron chi connectivity index (χ1n) is 4.31. The molecule has 0 fully saturated rings. The number of rotatable bonds is 3. The summed E-state index contributed by atoms with van der Waals surface area (Å²) < 4.78 is 5.90. The summed E-state index contributed by atoms with van der Waals surface area (Å²) in [6.45, 7) is 0.359. The molecule has 0 bridgehead atoms. The summed E-state index contributed by atoms with van der Waals surface area (Å²) in [6.07, 6.45) is -0.943. The molecule has 82 valence electrons. The second-order valence-electron chi connectivity index (χ2n) is 3.11. The van der Waals surface area contributed by atoms with E-state index in [1.807, 2.05) is 12.1 Å². The normalized spacial score (nSPS) is 9.80. The van der Waals surface area contributed by atoms with Crippen LogP contribution in [0.2, 0.25) is 0 Å². The first-order valence-corrected chi connectivity index (χ1v) is 5.10. The molecule has 5 heteroatoms. The Bertz CT molecular complexity index is 368. The van der Waals surface area contributed by atoms with Crippen LogP contribution in [0, 0.1) is 0 Å². The number of carbonyl (C=O) groups is 1. The summed E-state index contributed by atoms with van der Waals surface area (Å²) in [6, 6.07) is 5.48. The van der Waals surface area contributed by atoms with Crippen molar-refractivity contribution in [3.8, 4) is 5.75 Å². The second-order valence-corrected chi connectivity index (χ2v) is 3.96. The molecule has 1 amide bonds. The van der Waals surface area contributed by atoms with Gasteiger partial charge < -0.3 is 14.7 Å². The SMILES string of the molecule is COc1ccc(CN(C)C(=O)O)cc1Br. The Morgan fingerprint density at radius 2 is 2.27 bits per heavy atom. The number of hydrogen-bond acceptors (Lipinski definition) is 2. The third kappa shape index (κ3) is 3.13. The molecule has 1 aromatic carbocycles. The van der Waals surface area contributed by atoms with Crippen molar-refractivity contribution >= 4 is 22.0 Å². The van der Waals surface area contributed by atoms with Gasteiger partial charge in [-0.05, 0) is 33.6 Å². The van der Waals surface area contributed by atoms with Crippen molar-refractivity contribution in [3.05, 3.63) is 28.2 Å². The predicted octanol–water partition coefficient (Wildman–Crippen LogP) is 2.57. The zero-order chi connectivity index (χ0) is 11.4. The van der Waals surface area contributed by atoms with Crippen LogP contribution in [0.1, 0.15) is 5.56 Å². The quantitative estimate of drug-likeness (QED) is 0.921. The van der Waals surface area contributed by atoms with Crippen molar-refractivity contribution in [1.29, 1.82) is 0 Å². The molecular weight excluding hydrogens is 262 g/mol. The van der Waals surface area contributed by atoms with E-state index in [9.17, 15) is 4.79 Å². The lowest BCUT2D eigenvalue weighted by Gasteiger charge is -2.13. The lowest BCUT2D eigenvalue weighted by atomic mass is 10.2. The van der Waals surface area contributed by atoms with Gasteiger partial charge >= 0.3 is 6.09 Å². The maximum atomic E-state index is 10.6. The third-order valence-corrected chi connectivity index (χ3v) is 2.58. The molecule has 0 heterocycles. The zero-order valence-corrected chi connectivity index (χ0v) is 10.1. The van der Waals surface area contributed by atoms with Crippen LogP contribution < -0.4 is 4.74 Å². The van der Waals surface area contributed by atoms with Crippen LogP contribution in [0.25, 0.3) is 0 Å². The van der Waals surface area contributed by atoms with Crippen molar-refractivity contribution in [1.82, 2.24) is 4.90 Å². The molecule has 1 rings (SSSR count). The van der Waals surface area contributed by atoms with Gasteiger partial charge in [-0.3, -0.25) is 0 Å². The van der Waals surface area contributed by atoms with E-state index in [1.165, 1.54) is 11.9 Å². The second kappa shape index (κ2) is 5.02. The molecule has 0 atom stereocenters. The van der Waals surface area contributed by atoms with Gasteiger partial charge in [0.05, 0.1) is 11.6 Å². The average molecular weight is 274 g/mol. The van der Waals surface area contributed by atoms with Gasteiger partial charge in [-0.2, -0.15) is 0 Å². The van der Waals surface area contributed by atoms with E-state index in [0.29, 0.717) is 6.54 Å². The number of hydrogen-bond donors (Lipinski definition) is 1. The van der Waals surface area contributed by atoms with Crippen LogP contribution in [0.3, 0.4) is 0 Å². The van der Waals surface area contributed by atoms with Crippen LogP contribution in [0.5, 0.6) is 5.75 Å². The highest BCUT2D eigenvalue weighted by molar-refractivity contribution is 9.10. The van der Waals surface area contributed by atoms with Gasteiger partial charge in [-0.1, -0.05) is 6.07 Å². The molecule has 0 saturated carbocycles. The van der Waals surface area contributed by atoms with Crippen molar-refractivity contribution < 1.29 is 14.6 Å². The summed E-state index contributed by atoms with van der Waals surface area (Å²) >= 11 is 3.34. The Kier molecular flexibility index (Phi) is 3.96. The highest BCUT2D eigenvalue weighted by Crippen LogP contribution is 2.25. The Morgan fingerprint density at radius 1 is 1.60 bits per heavy atom. The number of methoxy groups -OCH3 is 1. The molecule has 0 aliphatic rings. The van der Waals surface area contributed by atoms with Gasteiger partial charge in [0.25, 0.3) is 0 Å². The standard InChI is InChI=1S/C10H12BrNO3/c1-12(10(13)14)6-7-3-4-9(15-2)8(11)5-7/h3-5H,6H2,1-2H3,(H,13,14). The fourth-order valence-corrected chi connectivity index (χ4v) is 1.74. The molecule has 4 nitrogen and oxygen atoms in total. The lowest BCUT2D eigenvalue weighted by molar-refractivity contribution is 0.153. The number of benzene rings is 1. The summed E-state index contributed by atoms with van der Waals surface area (Å²) in [5.74, 6) is 0.733. The summed E-state index contributed by atoms with van der Waals surface area (Å²) in [4.78, 5) is 11.8. The zero-order valence-electron chi connectivity index (χ0n) is 8.53. The summed E-state index contributed by atoms with van der Waals surface area (Å²) in [7, 11) is 3.11. The van der Waals surface area contributed by atoms with E-state index in [2.05, 4.69) is 15.9 Å². The number of carboxylic acid groups (broad SMARTS) is 1. The maximum Gasteiger partial charge on any atom is 0.407 e. The minimum absolute atomic E-state index is 0.359. The van der Waals surface area contributed by atoms with E-state index in [4.69, 9.17) is 9.84 Å². The molecule has 1 N–H and O–H groups in total. The predicted molar refractivity (Wildman–Crippen MR) is 60.2 cm³/mol. The molecule has 0 aromatic heterocycles. The number of nitrogens with zero attached hydrogens (tertiary/aromatic N) is 1. The Hall–Kier alpha value is -1.23. The summed E-state index contributed by atoms with van der Waals surface area (Å²) in [5.41, 5.74) is 0.910. The molecule has 0 spiro atoms. The molecule has 0 aliphatic heterocycles. The van der Waals surface area contributed by atoms with E-state index >= 15 is 0 Å². The van der Waals surface area contributed by atoms with Crippen LogP contribution in [-0.4, -0.2) is 30.3 Å². The Balaban J connectivity index is 2.79. The van der Waals surface area contributed by atoms with E-state index in [1.54, 1.807) is 13.2 Å². The van der Waals surface area contributed by atoms with Crippen molar-refractivity contribution in [2.24, 2.45) is 0 Å².